The summed E-state index contributed by atoms with van der Waals surface area (Å²) in [6.45, 7) is -0.391. The lowest BCUT2D eigenvalue weighted by Gasteiger charge is -2.57. The van der Waals surface area contributed by atoms with Crippen molar-refractivity contribution in [1.82, 2.24) is 0 Å². The summed E-state index contributed by atoms with van der Waals surface area (Å²) >= 11 is 6.36. The van der Waals surface area contributed by atoms with Crippen LogP contribution in [0.4, 0.5) is 11.4 Å². The number of hydrogen-bond acceptors (Lipinski definition) is 3. The zero-order valence-corrected chi connectivity index (χ0v) is 22.2. The van der Waals surface area contributed by atoms with Gasteiger partial charge in [-0.05, 0) is 104 Å². The Labute approximate surface area is 223 Å². The average Bonchev–Trinajstić information content (AvgIpc) is 2.88. The first-order valence-corrected chi connectivity index (χ1v) is 14.9. The van der Waals surface area contributed by atoms with Crippen molar-refractivity contribution in [3.8, 4) is 0 Å². The van der Waals surface area contributed by atoms with Crippen molar-refractivity contribution in [1.29, 1.82) is 0 Å². The molecular formula is C30H31ClN2O3S. The Morgan fingerprint density at radius 2 is 1.41 bits per heavy atom. The second-order valence-electron chi connectivity index (χ2n) is 11.1. The molecule has 37 heavy (non-hydrogen) atoms. The highest BCUT2D eigenvalue weighted by atomic mass is 35.5. The van der Waals surface area contributed by atoms with Gasteiger partial charge in [-0.15, -0.1) is 0 Å². The predicted molar refractivity (Wildman–Crippen MR) is 147 cm³/mol. The fourth-order valence-electron chi connectivity index (χ4n) is 7.38. The molecule has 5 nitrogen and oxygen atoms in total. The van der Waals surface area contributed by atoms with E-state index >= 15 is 0 Å². The van der Waals surface area contributed by atoms with Crippen molar-refractivity contribution in [2.24, 2.45) is 17.8 Å². The van der Waals surface area contributed by atoms with E-state index in [9.17, 15) is 13.2 Å². The molecule has 0 aromatic heterocycles. The monoisotopic (exact) mass is 534 g/mol. The van der Waals surface area contributed by atoms with E-state index in [2.05, 4.69) is 17.4 Å². The third-order valence-electron chi connectivity index (χ3n) is 8.56. The Morgan fingerprint density at radius 3 is 2.00 bits per heavy atom. The maximum Gasteiger partial charge on any atom is 0.264 e. The van der Waals surface area contributed by atoms with E-state index in [-0.39, 0.29) is 15.6 Å². The molecule has 4 saturated carbocycles. The number of sulfonamides is 1. The first-order valence-electron chi connectivity index (χ1n) is 13.1. The van der Waals surface area contributed by atoms with E-state index in [0.29, 0.717) is 11.1 Å². The average molecular weight is 535 g/mol. The van der Waals surface area contributed by atoms with Gasteiger partial charge in [0.05, 0.1) is 15.6 Å². The number of carbonyl (C=O) groups is 1. The van der Waals surface area contributed by atoms with Gasteiger partial charge < -0.3 is 5.32 Å². The number of amides is 1. The third-order valence-corrected chi connectivity index (χ3v) is 10.7. The smallest absolute Gasteiger partial charge is 0.264 e. The highest BCUT2D eigenvalue weighted by Crippen LogP contribution is 2.60. The fraction of sp³-hybridized carbons (Fsp3) is 0.367. The van der Waals surface area contributed by atoms with Crippen LogP contribution in [0.3, 0.4) is 0 Å². The first-order chi connectivity index (χ1) is 17.8. The van der Waals surface area contributed by atoms with Gasteiger partial charge in [0.1, 0.15) is 6.54 Å². The summed E-state index contributed by atoms with van der Waals surface area (Å²) in [5.74, 6) is 2.18. The molecule has 4 fully saturated rings. The molecule has 1 N–H and O–H groups in total. The maximum atomic E-state index is 13.5. The number of carbonyl (C=O) groups excluding carboxylic acids is 1. The molecule has 3 aromatic rings. The number of nitrogens with one attached hydrogen (secondary N) is 1. The van der Waals surface area contributed by atoms with Gasteiger partial charge in [-0.2, -0.15) is 0 Å². The van der Waals surface area contributed by atoms with Gasteiger partial charge in [-0.1, -0.05) is 54.1 Å². The van der Waals surface area contributed by atoms with Crippen molar-refractivity contribution in [2.75, 3.05) is 16.2 Å². The van der Waals surface area contributed by atoms with E-state index in [1.165, 1.54) is 56.2 Å². The lowest BCUT2D eigenvalue weighted by Crippen LogP contribution is -2.48. The first kappa shape index (κ1) is 24.5. The predicted octanol–water partition coefficient (Wildman–Crippen LogP) is 6.64. The van der Waals surface area contributed by atoms with Crippen LogP contribution in [0.25, 0.3) is 0 Å². The highest BCUT2D eigenvalue weighted by molar-refractivity contribution is 7.92. The third kappa shape index (κ3) is 4.66. The molecule has 0 spiro atoms. The maximum absolute atomic E-state index is 13.5. The van der Waals surface area contributed by atoms with Crippen molar-refractivity contribution >= 4 is 38.9 Å². The molecule has 0 heterocycles. The lowest BCUT2D eigenvalue weighted by atomic mass is 9.48. The molecule has 4 aliphatic carbocycles. The molecule has 7 heteroatoms. The van der Waals surface area contributed by atoms with Crippen LogP contribution in [0.1, 0.15) is 44.1 Å². The summed E-state index contributed by atoms with van der Waals surface area (Å²) < 4.78 is 28.1. The molecule has 0 atom stereocenters. The van der Waals surface area contributed by atoms with Crippen LogP contribution in [-0.2, 0) is 20.2 Å². The normalized spacial score (nSPS) is 26.1. The minimum Gasteiger partial charge on any atom is -0.325 e. The van der Waals surface area contributed by atoms with Gasteiger partial charge >= 0.3 is 0 Å². The summed E-state index contributed by atoms with van der Waals surface area (Å²) in [6, 6.07) is 23.0. The largest absolute Gasteiger partial charge is 0.325 e. The van der Waals surface area contributed by atoms with Crippen molar-refractivity contribution in [2.45, 2.75) is 48.8 Å². The van der Waals surface area contributed by atoms with Crippen molar-refractivity contribution in [3.05, 3.63) is 89.4 Å². The summed E-state index contributed by atoms with van der Waals surface area (Å²) in [5.41, 5.74) is 2.60. The Morgan fingerprint density at radius 1 is 0.838 bits per heavy atom. The molecule has 7 rings (SSSR count). The van der Waals surface area contributed by atoms with Crippen molar-refractivity contribution in [3.63, 3.8) is 0 Å². The van der Waals surface area contributed by atoms with Crippen LogP contribution in [0, 0.1) is 17.8 Å². The molecule has 0 aliphatic heterocycles. The summed E-state index contributed by atoms with van der Waals surface area (Å²) in [6.07, 6.45) is 8.07. The molecule has 4 aliphatic rings. The molecule has 4 bridgehead atoms. The SMILES string of the molecule is O=C(CN(c1ccccc1Cl)S(=O)(=O)c1ccccc1)Nc1ccc(C23CC4CC(CC(C4)C2)C3)cc1. The Bertz CT molecular complexity index is 1370. The molecule has 0 unspecified atom stereocenters. The number of rotatable bonds is 7. The van der Waals surface area contributed by atoms with Gasteiger partial charge in [0.25, 0.3) is 10.0 Å². The number of hydrogen-bond donors (Lipinski definition) is 1. The number of nitrogens with zero attached hydrogens (tertiary/aromatic N) is 1. The van der Waals surface area contributed by atoms with Crippen LogP contribution >= 0.6 is 11.6 Å². The Balaban J connectivity index is 1.21. The van der Waals surface area contributed by atoms with Gasteiger partial charge in [-0.3, -0.25) is 9.10 Å². The zero-order chi connectivity index (χ0) is 25.6. The lowest BCUT2D eigenvalue weighted by molar-refractivity contribution is -0.114. The molecule has 1 amide bonds. The number of anilines is 2. The van der Waals surface area contributed by atoms with Crippen LogP contribution < -0.4 is 9.62 Å². The fourth-order valence-corrected chi connectivity index (χ4v) is 9.12. The topological polar surface area (TPSA) is 66.5 Å². The van der Waals surface area contributed by atoms with E-state index < -0.39 is 22.5 Å². The van der Waals surface area contributed by atoms with Crippen LogP contribution in [-0.4, -0.2) is 20.9 Å². The molecular weight excluding hydrogens is 504 g/mol. The van der Waals surface area contributed by atoms with Crippen molar-refractivity contribution < 1.29 is 13.2 Å². The summed E-state index contributed by atoms with van der Waals surface area (Å²) in [7, 11) is -4.01. The van der Waals surface area contributed by atoms with Gasteiger partial charge in [0.2, 0.25) is 5.91 Å². The Hall–Kier alpha value is -2.83. The van der Waals surface area contributed by atoms with Crippen LogP contribution in [0.2, 0.25) is 5.02 Å². The second-order valence-corrected chi connectivity index (χ2v) is 13.4. The number of para-hydroxylation sites is 1. The minimum atomic E-state index is -4.01. The minimum absolute atomic E-state index is 0.0997. The molecule has 192 valence electrons. The van der Waals surface area contributed by atoms with Gasteiger partial charge in [-0.25, -0.2) is 8.42 Å². The Kier molecular flexibility index (Phi) is 6.28. The van der Waals surface area contributed by atoms with Crippen LogP contribution in [0.15, 0.2) is 83.8 Å². The number of benzene rings is 3. The highest BCUT2D eigenvalue weighted by Gasteiger charge is 2.51. The summed E-state index contributed by atoms with van der Waals surface area (Å²) in [5, 5.41) is 3.16. The standard InChI is InChI=1S/C30H31ClN2O3S/c31-27-8-4-5-9-28(27)33(37(35,36)26-6-2-1-3-7-26)20-29(34)32-25-12-10-24(11-13-25)30-17-21-14-22(18-30)16-23(15-21)19-30/h1-13,21-23H,14-20H2,(H,32,34). The molecule has 0 radical (unpaired) electrons. The number of halogens is 1. The second kappa shape index (κ2) is 9.48. The van der Waals surface area contributed by atoms with Gasteiger partial charge in [0.15, 0.2) is 0 Å². The van der Waals surface area contributed by atoms with E-state index in [0.717, 1.165) is 22.1 Å². The molecule has 3 aromatic carbocycles. The van der Waals surface area contributed by atoms with E-state index in [4.69, 9.17) is 11.6 Å². The van der Waals surface area contributed by atoms with Gasteiger partial charge in [0, 0.05) is 5.69 Å². The quantitative estimate of drug-likeness (QED) is 0.369. The zero-order valence-electron chi connectivity index (χ0n) is 20.6. The summed E-state index contributed by atoms with van der Waals surface area (Å²) in [4.78, 5) is 13.2. The van der Waals surface area contributed by atoms with Crippen LogP contribution in [0.5, 0.6) is 0 Å². The van der Waals surface area contributed by atoms with E-state index in [1.807, 2.05) is 12.1 Å². The molecule has 0 saturated heterocycles. The van der Waals surface area contributed by atoms with E-state index in [1.54, 1.807) is 42.5 Å².